The summed E-state index contributed by atoms with van der Waals surface area (Å²) in [5.41, 5.74) is 2.77. The molecule has 0 saturated carbocycles. The molecule has 23 heavy (non-hydrogen) atoms. The van der Waals surface area contributed by atoms with Gasteiger partial charge in [0.15, 0.2) is 0 Å². The molecule has 0 atom stereocenters. The van der Waals surface area contributed by atoms with Crippen LogP contribution >= 0.6 is 0 Å². The van der Waals surface area contributed by atoms with E-state index in [1.165, 1.54) is 0 Å². The Morgan fingerprint density at radius 2 is 1.35 bits per heavy atom. The van der Waals surface area contributed by atoms with Gasteiger partial charge in [-0.2, -0.15) is 0 Å². The summed E-state index contributed by atoms with van der Waals surface area (Å²) in [5, 5.41) is 0. The molecule has 0 unspecified atom stereocenters. The Bertz CT molecular complexity index is 538. The highest BCUT2D eigenvalue weighted by Crippen LogP contribution is 2.29. The largest absolute Gasteiger partial charge is 0.365 e. The monoisotopic (exact) mass is 316 g/mol. The molecule has 4 nitrogen and oxygen atoms in total. The number of hydrogen-bond donors (Lipinski definition) is 0. The summed E-state index contributed by atoms with van der Waals surface area (Å²) in [6.07, 6.45) is 0. The van der Waals surface area contributed by atoms with Crippen molar-refractivity contribution < 1.29 is 9.59 Å². The number of nitrogens with zero attached hydrogens (tertiary/aromatic N) is 2. The molecular formula is C18H29BN2O2. The molecule has 0 N–H and O–H groups in total. The molecule has 1 aromatic carbocycles. The summed E-state index contributed by atoms with van der Waals surface area (Å²) in [6.45, 7) is 11.8. The Morgan fingerprint density at radius 3 is 1.78 bits per heavy atom. The second-order valence-electron chi connectivity index (χ2n) is 7.04. The molecular weight excluding hydrogens is 287 g/mol. The smallest absolute Gasteiger partial charge is 0.229 e. The molecule has 0 bridgehead atoms. The lowest BCUT2D eigenvalue weighted by atomic mass is 9.99. The van der Waals surface area contributed by atoms with Crippen molar-refractivity contribution >= 4 is 31.2 Å². The number of benzene rings is 1. The second kappa shape index (κ2) is 7.67. The zero-order chi connectivity index (χ0) is 17.9. The summed E-state index contributed by atoms with van der Waals surface area (Å²) in [7, 11) is 3.58. The van der Waals surface area contributed by atoms with E-state index in [1.54, 1.807) is 24.7 Å². The van der Waals surface area contributed by atoms with Crippen molar-refractivity contribution in [1.29, 1.82) is 0 Å². The Labute approximate surface area is 141 Å². The number of carbonyl (C=O) groups is 2. The average molecular weight is 316 g/mol. The normalized spacial score (nSPS) is 11.2. The van der Waals surface area contributed by atoms with E-state index in [1.807, 2.05) is 45.9 Å². The first kappa shape index (κ1) is 19.3. The summed E-state index contributed by atoms with van der Waals surface area (Å²) >= 11 is 0. The van der Waals surface area contributed by atoms with Crippen molar-refractivity contribution in [2.45, 2.75) is 47.5 Å². The Hall–Kier alpha value is -1.78. The zero-order valence-corrected chi connectivity index (χ0v) is 15.7. The van der Waals surface area contributed by atoms with E-state index in [2.05, 4.69) is 13.8 Å². The van der Waals surface area contributed by atoms with Gasteiger partial charge in [0.25, 0.3) is 0 Å². The van der Waals surface area contributed by atoms with Crippen molar-refractivity contribution in [2.24, 2.45) is 11.8 Å². The van der Waals surface area contributed by atoms with Gasteiger partial charge in [0.2, 0.25) is 19.8 Å². The van der Waals surface area contributed by atoms with Crippen LogP contribution in [0.3, 0.4) is 0 Å². The quantitative estimate of drug-likeness (QED) is 0.784. The van der Waals surface area contributed by atoms with Crippen LogP contribution in [0, 0.1) is 11.8 Å². The van der Waals surface area contributed by atoms with Gasteiger partial charge in [0.1, 0.15) is 0 Å². The van der Waals surface area contributed by atoms with Crippen LogP contribution < -0.4 is 9.71 Å². The van der Waals surface area contributed by atoms with Gasteiger partial charge in [-0.05, 0) is 29.7 Å². The topological polar surface area (TPSA) is 40.6 Å². The predicted octanol–water partition coefficient (Wildman–Crippen LogP) is 2.97. The first-order valence-electron chi connectivity index (χ1n) is 8.26. The van der Waals surface area contributed by atoms with Gasteiger partial charge in [-0.1, -0.05) is 41.5 Å². The third-order valence-corrected chi connectivity index (χ3v) is 4.02. The molecule has 2 amide bonds. The first-order chi connectivity index (χ1) is 10.6. The molecule has 0 aliphatic heterocycles. The maximum atomic E-state index is 12.3. The van der Waals surface area contributed by atoms with E-state index in [9.17, 15) is 9.59 Å². The van der Waals surface area contributed by atoms with Gasteiger partial charge in [0.05, 0.1) is 0 Å². The molecule has 0 spiro atoms. The van der Waals surface area contributed by atoms with E-state index in [0.717, 1.165) is 16.9 Å². The van der Waals surface area contributed by atoms with Crippen LogP contribution in [0.2, 0.25) is 0 Å². The lowest BCUT2D eigenvalue weighted by molar-refractivity contribution is -0.121. The van der Waals surface area contributed by atoms with Gasteiger partial charge >= 0.3 is 0 Å². The van der Waals surface area contributed by atoms with Crippen LogP contribution in [0.15, 0.2) is 18.2 Å². The van der Waals surface area contributed by atoms with Crippen LogP contribution in [0.4, 0.5) is 11.4 Å². The highest BCUT2D eigenvalue weighted by atomic mass is 16.2. The molecule has 0 aliphatic rings. The maximum absolute atomic E-state index is 12.3. The Morgan fingerprint density at radius 1 is 0.870 bits per heavy atom. The van der Waals surface area contributed by atoms with Gasteiger partial charge in [-0.3, -0.25) is 9.59 Å². The van der Waals surface area contributed by atoms with E-state index >= 15 is 0 Å². The minimum atomic E-state index is -0.0684. The van der Waals surface area contributed by atoms with Gasteiger partial charge in [-0.25, -0.2) is 0 Å². The number of hydrogen-bond acceptors (Lipinski definition) is 2. The molecule has 1 rings (SSSR count). The molecule has 126 valence electrons. The van der Waals surface area contributed by atoms with Crippen LogP contribution in [-0.4, -0.2) is 26.8 Å². The van der Waals surface area contributed by atoms with Crippen LogP contribution in [0.1, 0.15) is 53.0 Å². The van der Waals surface area contributed by atoms with Gasteiger partial charge in [0, 0.05) is 30.3 Å². The van der Waals surface area contributed by atoms with Crippen LogP contribution in [-0.2, 0) is 9.59 Å². The molecule has 0 radical (unpaired) electrons. The van der Waals surface area contributed by atoms with Gasteiger partial charge in [-0.15, -0.1) is 0 Å². The fourth-order valence-electron chi connectivity index (χ4n) is 2.37. The number of anilines is 2. The molecule has 0 heterocycles. The summed E-state index contributed by atoms with van der Waals surface area (Å²) in [5.74, 6) is 0.311. The van der Waals surface area contributed by atoms with Crippen molar-refractivity contribution in [3.63, 3.8) is 0 Å². The predicted molar refractivity (Wildman–Crippen MR) is 99.6 cm³/mol. The van der Waals surface area contributed by atoms with E-state index < -0.39 is 0 Å². The number of amides is 2. The SMILES string of the molecule is BN(C(=O)C(C)C)c1cc(C(C)C)cc(N(C)C(=O)C(C)C)c1. The lowest BCUT2D eigenvalue weighted by Gasteiger charge is -2.26. The highest BCUT2D eigenvalue weighted by Gasteiger charge is 2.19. The average Bonchev–Trinajstić information content (AvgIpc) is 2.50. The third-order valence-electron chi connectivity index (χ3n) is 4.02. The minimum absolute atomic E-state index is 0.0645. The number of carbonyl (C=O) groups excluding carboxylic acids is 2. The molecule has 0 aromatic heterocycles. The number of rotatable bonds is 5. The van der Waals surface area contributed by atoms with Crippen LogP contribution in [0.25, 0.3) is 0 Å². The minimum Gasteiger partial charge on any atom is -0.365 e. The van der Waals surface area contributed by atoms with Crippen molar-refractivity contribution in [3.05, 3.63) is 23.8 Å². The van der Waals surface area contributed by atoms with Crippen molar-refractivity contribution in [2.75, 3.05) is 16.8 Å². The highest BCUT2D eigenvalue weighted by molar-refractivity contribution is 6.31. The summed E-state index contributed by atoms with van der Waals surface area (Å²) < 4.78 is 0. The maximum Gasteiger partial charge on any atom is 0.229 e. The summed E-state index contributed by atoms with van der Waals surface area (Å²) in [6, 6.07) is 5.97. The Kier molecular flexibility index (Phi) is 6.42. The molecule has 1 aromatic rings. The molecule has 0 aliphatic carbocycles. The van der Waals surface area contributed by atoms with E-state index in [0.29, 0.717) is 5.92 Å². The zero-order valence-electron chi connectivity index (χ0n) is 15.7. The fraction of sp³-hybridized carbons (Fsp3) is 0.556. The standard InChI is InChI=1S/C18H29BN2O2/c1-11(2)14-8-15(20(7)17(22)12(3)4)10-16(9-14)21(19)18(23)13(5)6/h8-13H,19H2,1-7H3. The lowest BCUT2D eigenvalue weighted by Crippen LogP contribution is -2.33. The second-order valence-corrected chi connectivity index (χ2v) is 7.04. The Balaban J connectivity index is 3.33. The van der Waals surface area contributed by atoms with Crippen molar-refractivity contribution in [3.8, 4) is 0 Å². The fourth-order valence-corrected chi connectivity index (χ4v) is 2.37. The third kappa shape index (κ3) is 4.60. The van der Waals surface area contributed by atoms with E-state index in [-0.39, 0.29) is 23.7 Å². The molecule has 5 heteroatoms. The first-order valence-corrected chi connectivity index (χ1v) is 8.26. The summed E-state index contributed by atoms with van der Waals surface area (Å²) in [4.78, 5) is 27.9. The van der Waals surface area contributed by atoms with Crippen molar-refractivity contribution in [1.82, 2.24) is 0 Å². The van der Waals surface area contributed by atoms with Crippen LogP contribution in [0.5, 0.6) is 0 Å². The van der Waals surface area contributed by atoms with E-state index in [4.69, 9.17) is 0 Å². The van der Waals surface area contributed by atoms with Gasteiger partial charge < -0.3 is 9.71 Å². The molecule has 0 saturated heterocycles. The molecule has 0 fully saturated rings.